The average Bonchev–Trinajstić information content (AvgIpc) is 2.99. The number of nitriles is 1. The van der Waals surface area contributed by atoms with E-state index in [1.807, 2.05) is 31.5 Å². The molecular weight excluding hydrogens is 264 g/mol. The largest absolute Gasteiger partial charge is 0.363 e. The molecule has 0 saturated heterocycles. The third-order valence-electron chi connectivity index (χ3n) is 3.38. The highest BCUT2D eigenvalue weighted by molar-refractivity contribution is 5.56. The van der Waals surface area contributed by atoms with E-state index < -0.39 is 0 Å². The third-order valence-corrected chi connectivity index (χ3v) is 3.38. The van der Waals surface area contributed by atoms with Gasteiger partial charge in [-0.15, -0.1) is 5.10 Å². The van der Waals surface area contributed by atoms with Gasteiger partial charge in [-0.05, 0) is 25.3 Å². The summed E-state index contributed by atoms with van der Waals surface area (Å²) in [4.78, 5) is 4.02. The van der Waals surface area contributed by atoms with Gasteiger partial charge < -0.3 is 9.88 Å². The summed E-state index contributed by atoms with van der Waals surface area (Å²) < 4.78 is 1.98. The topological polar surface area (TPSA) is 79.4 Å². The molecule has 0 aliphatic carbocycles. The van der Waals surface area contributed by atoms with E-state index in [0.29, 0.717) is 11.4 Å². The Balaban J connectivity index is 2.21. The summed E-state index contributed by atoms with van der Waals surface area (Å²) in [5.74, 6) is 0.569. The Morgan fingerprint density at radius 3 is 2.71 bits per heavy atom. The van der Waals surface area contributed by atoms with Gasteiger partial charge in [-0.3, -0.25) is 0 Å². The summed E-state index contributed by atoms with van der Waals surface area (Å²) in [5.41, 5.74) is 2.51. The quantitative estimate of drug-likeness (QED) is 0.879. The van der Waals surface area contributed by atoms with Crippen LogP contribution in [0.15, 0.2) is 18.7 Å². The molecule has 0 bridgehead atoms. The minimum atomic E-state index is 0.123. The van der Waals surface area contributed by atoms with E-state index in [1.54, 1.807) is 12.5 Å². The smallest absolute Gasteiger partial charge is 0.167 e. The van der Waals surface area contributed by atoms with Gasteiger partial charge in [0, 0.05) is 25.0 Å². The molecule has 0 aliphatic heterocycles. The number of aryl methyl sites for hydroxylation is 1. The van der Waals surface area contributed by atoms with Crippen LogP contribution in [0.4, 0.5) is 5.82 Å². The van der Waals surface area contributed by atoms with Gasteiger partial charge in [0.2, 0.25) is 0 Å². The normalized spacial score (nSPS) is 11.9. The number of aromatic nitrogens is 4. The van der Waals surface area contributed by atoms with Crippen molar-refractivity contribution < 1.29 is 0 Å². The lowest BCUT2D eigenvalue weighted by Gasteiger charge is -2.17. The number of nitrogens with zero attached hydrogens (tertiary/aromatic N) is 5. The van der Waals surface area contributed by atoms with Crippen molar-refractivity contribution in [2.45, 2.75) is 46.2 Å². The van der Waals surface area contributed by atoms with Gasteiger partial charge >= 0.3 is 0 Å². The molecule has 0 saturated carbocycles. The molecule has 2 heterocycles. The molecule has 2 aromatic heterocycles. The maximum atomic E-state index is 9.45. The van der Waals surface area contributed by atoms with Gasteiger partial charge in [0.25, 0.3) is 0 Å². The van der Waals surface area contributed by atoms with Crippen LogP contribution >= 0.6 is 0 Å². The summed E-state index contributed by atoms with van der Waals surface area (Å²) in [7, 11) is 0. The van der Waals surface area contributed by atoms with Crippen LogP contribution in [0, 0.1) is 11.3 Å². The van der Waals surface area contributed by atoms with Crippen LogP contribution in [0.5, 0.6) is 0 Å². The summed E-state index contributed by atoms with van der Waals surface area (Å²) in [6.07, 6.45) is 7.00. The third kappa shape index (κ3) is 3.37. The van der Waals surface area contributed by atoms with E-state index in [1.165, 1.54) is 0 Å². The Morgan fingerprint density at radius 1 is 1.33 bits per heavy atom. The highest BCUT2D eigenvalue weighted by atomic mass is 15.2. The zero-order valence-electron chi connectivity index (χ0n) is 12.7. The number of rotatable bonds is 6. The van der Waals surface area contributed by atoms with E-state index in [-0.39, 0.29) is 6.04 Å². The van der Waals surface area contributed by atoms with Crippen LogP contribution in [0.1, 0.15) is 37.6 Å². The van der Waals surface area contributed by atoms with Gasteiger partial charge in [-0.25, -0.2) is 4.98 Å². The lowest BCUT2D eigenvalue weighted by molar-refractivity contribution is 0.615. The summed E-state index contributed by atoms with van der Waals surface area (Å²) in [6, 6.07) is 2.39. The van der Waals surface area contributed by atoms with Crippen LogP contribution < -0.4 is 5.32 Å². The van der Waals surface area contributed by atoms with E-state index in [0.717, 1.165) is 30.6 Å². The Labute approximate surface area is 124 Å². The van der Waals surface area contributed by atoms with Crippen LogP contribution in [0.25, 0.3) is 0 Å². The molecular formula is C15H20N6. The Hall–Kier alpha value is -2.42. The van der Waals surface area contributed by atoms with Crippen molar-refractivity contribution >= 4 is 5.82 Å². The van der Waals surface area contributed by atoms with E-state index >= 15 is 0 Å². The molecule has 0 spiro atoms. The number of anilines is 1. The number of imidazole rings is 1. The molecule has 1 atom stereocenters. The zero-order valence-corrected chi connectivity index (χ0v) is 12.7. The minimum Gasteiger partial charge on any atom is -0.363 e. The van der Waals surface area contributed by atoms with Crippen molar-refractivity contribution in [2.24, 2.45) is 0 Å². The predicted octanol–water partition coefficient (Wildman–Crippen LogP) is 2.17. The number of hydrogen-bond acceptors (Lipinski definition) is 5. The summed E-state index contributed by atoms with van der Waals surface area (Å²) >= 11 is 0. The van der Waals surface area contributed by atoms with Crippen LogP contribution in [0.3, 0.4) is 0 Å². The van der Waals surface area contributed by atoms with E-state index in [4.69, 9.17) is 0 Å². The molecule has 0 aromatic carbocycles. The fraction of sp³-hybridized carbons (Fsp3) is 0.467. The molecule has 0 fully saturated rings. The van der Waals surface area contributed by atoms with Crippen LogP contribution in [-0.2, 0) is 19.4 Å². The fourth-order valence-corrected chi connectivity index (χ4v) is 2.38. The Bertz CT molecular complexity index is 626. The second-order valence-corrected chi connectivity index (χ2v) is 4.97. The second kappa shape index (κ2) is 6.84. The van der Waals surface area contributed by atoms with Gasteiger partial charge in [0.05, 0.1) is 12.0 Å². The monoisotopic (exact) mass is 284 g/mol. The maximum Gasteiger partial charge on any atom is 0.167 e. The first-order chi connectivity index (χ1) is 10.2. The Kier molecular flexibility index (Phi) is 4.88. The zero-order chi connectivity index (χ0) is 15.2. The first kappa shape index (κ1) is 15.0. The lowest BCUT2D eigenvalue weighted by Crippen LogP contribution is -2.23. The highest BCUT2D eigenvalue weighted by Crippen LogP contribution is 2.20. The van der Waals surface area contributed by atoms with E-state index in [9.17, 15) is 5.26 Å². The van der Waals surface area contributed by atoms with Gasteiger partial charge in [-0.2, -0.15) is 10.4 Å². The van der Waals surface area contributed by atoms with Gasteiger partial charge in [0.15, 0.2) is 5.82 Å². The van der Waals surface area contributed by atoms with Crippen molar-refractivity contribution in [3.05, 3.63) is 35.5 Å². The molecule has 2 aromatic rings. The SMILES string of the molecule is CCc1nnc(NC(C)Cn2ccnc2)c(C#N)c1CC. The first-order valence-corrected chi connectivity index (χ1v) is 7.20. The molecule has 21 heavy (non-hydrogen) atoms. The van der Waals surface area contributed by atoms with Crippen molar-refractivity contribution in [1.82, 2.24) is 19.7 Å². The minimum absolute atomic E-state index is 0.123. The molecule has 6 nitrogen and oxygen atoms in total. The van der Waals surface area contributed by atoms with E-state index in [2.05, 4.69) is 26.6 Å². The molecule has 0 aliphatic rings. The average molecular weight is 284 g/mol. The maximum absolute atomic E-state index is 9.45. The Morgan fingerprint density at radius 2 is 2.14 bits per heavy atom. The second-order valence-electron chi connectivity index (χ2n) is 4.97. The molecule has 1 unspecified atom stereocenters. The molecule has 0 amide bonds. The number of nitrogens with one attached hydrogen (secondary N) is 1. The molecule has 6 heteroatoms. The summed E-state index contributed by atoms with van der Waals surface area (Å²) in [5, 5.41) is 21.2. The predicted molar refractivity (Wildman–Crippen MR) is 80.8 cm³/mol. The highest BCUT2D eigenvalue weighted by Gasteiger charge is 2.15. The van der Waals surface area contributed by atoms with Crippen LogP contribution in [0.2, 0.25) is 0 Å². The van der Waals surface area contributed by atoms with Crippen molar-refractivity contribution in [2.75, 3.05) is 5.32 Å². The van der Waals surface area contributed by atoms with Gasteiger partial charge in [0.1, 0.15) is 11.6 Å². The summed E-state index contributed by atoms with van der Waals surface area (Å²) in [6.45, 7) is 6.86. The first-order valence-electron chi connectivity index (χ1n) is 7.20. The van der Waals surface area contributed by atoms with Crippen molar-refractivity contribution in [3.63, 3.8) is 0 Å². The molecule has 1 N–H and O–H groups in total. The van der Waals surface area contributed by atoms with Crippen molar-refractivity contribution in [1.29, 1.82) is 5.26 Å². The standard InChI is InChI=1S/C15H20N6/c1-4-12-13(8-16)15(20-19-14(12)5-2)18-11(3)9-21-7-6-17-10-21/h6-7,10-11H,4-5,9H2,1-3H3,(H,18,20). The fourth-order valence-electron chi connectivity index (χ4n) is 2.38. The number of hydrogen-bond donors (Lipinski definition) is 1. The molecule has 110 valence electrons. The van der Waals surface area contributed by atoms with Crippen molar-refractivity contribution in [3.8, 4) is 6.07 Å². The van der Waals surface area contributed by atoms with Crippen LogP contribution in [-0.4, -0.2) is 25.8 Å². The molecule has 2 rings (SSSR count). The van der Waals surface area contributed by atoms with Gasteiger partial charge in [-0.1, -0.05) is 13.8 Å². The molecule has 0 radical (unpaired) electrons. The lowest BCUT2D eigenvalue weighted by atomic mass is 10.0.